The van der Waals surface area contributed by atoms with Crippen molar-refractivity contribution >= 4 is 24.4 Å². The van der Waals surface area contributed by atoms with Crippen LogP contribution in [0.25, 0.3) is 10.9 Å². The van der Waals surface area contributed by atoms with Crippen LogP contribution in [0.3, 0.4) is 0 Å². The maximum atomic E-state index is 11.6. The first-order chi connectivity index (χ1) is 8.89. The van der Waals surface area contributed by atoms with E-state index in [1.807, 2.05) is 5.32 Å². The van der Waals surface area contributed by atoms with Crippen LogP contribution in [0.4, 0.5) is 0 Å². The van der Waals surface area contributed by atoms with Crippen LogP contribution in [0.2, 0.25) is 0 Å². The zero-order valence-electron chi connectivity index (χ0n) is 12.0. The zero-order valence-corrected chi connectivity index (χ0v) is 16.9. The number of fused-ring (bicyclic) bond motifs is 1. The summed E-state index contributed by atoms with van der Waals surface area (Å²) < 4.78 is 15.5. The molecule has 10 heteroatoms. The van der Waals surface area contributed by atoms with Crippen LogP contribution >= 0.6 is 7.60 Å². The van der Waals surface area contributed by atoms with Crippen molar-refractivity contribution in [2.75, 3.05) is 13.4 Å². The number of benzene rings is 1. The van der Waals surface area contributed by atoms with E-state index in [0.717, 1.165) is 5.39 Å². The predicted octanol–water partition coefficient (Wildman–Crippen LogP) is -6.21. The Balaban J connectivity index is 0.00000200. The summed E-state index contributed by atoms with van der Waals surface area (Å²) in [6.07, 6.45) is -0.912. The molecule has 1 aromatic carbocycles. The van der Waals surface area contributed by atoms with Crippen LogP contribution in [0, 0.1) is 0 Å². The van der Waals surface area contributed by atoms with Gasteiger partial charge in [-0.1, -0.05) is 0 Å². The van der Waals surface area contributed by atoms with Gasteiger partial charge in [0.2, 0.25) is 0 Å². The van der Waals surface area contributed by atoms with Gasteiger partial charge >= 0.3 is 59.1 Å². The third kappa shape index (κ3) is 6.06. The molecule has 0 saturated carbocycles. The van der Waals surface area contributed by atoms with Crippen LogP contribution in [0.1, 0.15) is 10.5 Å². The minimum absolute atomic E-state index is 0. The topological polar surface area (TPSA) is 117 Å². The number of methoxy groups -OCH3 is 1. The Labute approximate surface area is 165 Å². The van der Waals surface area contributed by atoms with Gasteiger partial charge in [-0.05, 0) is 31.9 Å². The molecule has 0 fully saturated rings. The quantitative estimate of drug-likeness (QED) is 0.428. The molecule has 1 aromatic heterocycles. The maximum Gasteiger partial charge on any atom is 1.00 e. The van der Waals surface area contributed by atoms with E-state index in [4.69, 9.17) is 4.74 Å². The molecule has 0 aliphatic heterocycles. The molecule has 0 aliphatic rings. The second-order valence-electron chi connectivity index (χ2n) is 3.91. The molecule has 7 nitrogen and oxygen atoms in total. The van der Waals surface area contributed by atoms with E-state index in [1.54, 1.807) is 24.3 Å². The van der Waals surface area contributed by atoms with Crippen molar-refractivity contribution in [2.45, 2.75) is 0 Å². The van der Waals surface area contributed by atoms with Crippen molar-refractivity contribution in [1.82, 2.24) is 10.3 Å². The molecule has 0 bridgehead atoms. The number of H-pyrrole nitrogens is 1. The first-order valence-electron chi connectivity index (χ1n) is 5.35. The summed E-state index contributed by atoms with van der Waals surface area (Å²) in [5, 5.41) is 2.79. The molecular weight excluding hydrogens is 317 g/mol. The van der Waals surface area contributed by atoms with Gasteiger partial charge in [0.05, 0.1) is 7.11 Å². The molecule has 0 saturated heterocycles. The van der Waals surface area contributed by atoms with Crippen LogP contribution in [0.5, 0.6) is 5.75 Å². The molecule has 0 unspecified atom stereocenters. The minimum atomic E-state index is -4.75. The molecule has 2 rings (SSSR count). The second-order valence-corrected chi connectivity index (χ2v) is 5.45. The molecule has 102 valence electrons. The van der Waals surface area contributed by atoms with Crippen molar-refractivity contribution in [3.05, 3.63) is 30.0 Å². The largest absolute Gasteiger partial charge is 1.00 e. The van der Waals surface area contributed by atoms with Crippen LogP contribution < -0.4 is 79.0 Å². The molecule has 2 N–H and O–H groups in total. The number of amides is 1. The maximum absolute atomic E-state index is 11.6. The Morgan fingerprint density at radius 2 is 2.00 bits per heavy atom. The Kier molecular flexibility index (Phi) is 8.79. The van der Waals surface area contributed by atoms with E-state index >= 15 is 0 Å². The second kappa shape index (κ2) is 8.72. The van der Waals surface area contributed by atoms with Gasteiger partial charge in [-0.2, -0.15) is 0 Å². The van der Waals surface area contributed by atoms with Gasteiger partial charge in [0.1, 0.15) is 11.4 Å². The van der Waals surface area contributed by atoms with Gasteiger partial charge in [0.25, 0.3) is 5.91 Å². The van der Waals surface area contributed by atoms with Crippen molar-refractivity contribution in [1.29, 1.82) is 0 Å². The summed E-state index contributed by atoms with van der Waals surface area (Å²) in [5.41, 5.74) is 0.884. The molecule has 21 heavy (non-hydrogen) atoms. The summed E-state index contributed by atoms with van der Waals surface area (Å²) in [6.45, 7) is 0. The Morgan fingerprint density at radius 3 is 2.57 bits per heavy atom. The van der Waals surface area contributed by atoms with Gasteiger partial charge in [0.15, 0.2) is 0 Å². The molecular formula is C11H11N2Na2O5P. The van der Waals surface area contributed by atoms with Gasteiger partial charge < -0.3 is 29.4 Å². The zero-order chi connectivity index (χ0) is 14.0. The van der Waals surface area contributed by atoms with Crippen molar-refractivity contribution < 1.29 is 83.0 Å². The number of rotatable bonds is 4. The SMILES string of the molecule is COc1ccc2[nH]c(C(=O)NCP(=O)([O-])[O-])cc2c1.[Na+].[Na+]. The van der Waals surface area contributed by atoms with Gasteiger partial charge in [0, 0.05) is 17.2 Å². The van der Waals surface area contributed by atoms with Crippen molar-refractivity contribution in [2.24, 2.45) is 0 Å². The molecule has 1 amide bonds. The monoisotopic (exact) mass is 328 g/mol. The minimum Gasteiger partial charge on any atom is -0.810 e. The summed E-state index contributed by atoms with van der Waals surface area (Å²) in [5.74, 6) is -0.0100. The number of hydrogen-bond acceptors (Lipinski definition) is 5. The third-order valence-electron chi connectivity index (χ3n) is 2.51. The third-order valence-corrected chi connectivity index (χ3v) is 3.05. The number of aromatic nitrogens is 1. The molecule has 0 spiro atoms. The van der Waals surface area contributed by atoms with Crippen LogP contribution in [-0.4, -0.2) is 24.3 Å². The normalized spacial score (nSPS) is 10.4. The fourth-order valence-electron chi connectivity index (χ4n) is 1.62. The fraction of sp³-hybridized carbons (Fsp3) is 0.182. The summed E-state index contributed by atoms with van der Waals surface area (Å²) in [6, 6.07) is 6.74. The summed E-state index contributed by atoms with van der Waals surface area (Å²) in [4.78, 5) is 35.4. The number of ether oxygens (including phenoxy) is 1. The Bertz CT molecular complexity index is 670. The van der Waals surface area contributed by atoms with E-state index in [9.17, 15) is 19.1 Å². The smallest absolute Gasteiger partial charge is 0.810 e. The Morgan fingerprint density at radius 1 is 1.33 bits per heavy atom. The van der Waals surface area contributed by atoms with Crippen molar-refractivity contribution in [3.63, 3.8) is 0 Å². The number of aromatic amines is 1. The Hall–Kier alpha value is 0.180. The van der Waals surface area contributed by atoms with Crippen LogP contribution in [0.15, 0.2) is 24.3 Å². The van der Waals surface area contributed by atoms with E-state index in [-0.39, 0.29) is 64.8 Å². The van der Waals surface area contributed by atoms with E-state index in [0.29, 0.717) is 11.3 Å². The number of carbonyl (C=O) groups excluding carboxylic acids is 1. The molecule has 0 aliphatic carbocycles. The van der Waals surface area contributed by atoms with Gasteiger partial charge in [-0.25, -0.2) is 0 Å². The number of nitrogens with one attached hydrogen (secondary N) is 2. The first-order valence-corrected chi connectivity index (χ1v) is 7.08. The average molecular weight is 328 g/mol. The van der Waals surface area contributed by atoms with Gasteiger partial charge in [-0.15, -0.1) is 0 Å². The summed E-state index contributed by atoms with van der Waals surface area (Å²) in [7, 11) is -3.22. The summed E-state index contributed by atoms with van der Waals surface area (Å²) >= 11 is 0. The van der Waals surface area contributed by atoms with E-state index in [1.165, 1.54) is 7.11 Å². The molecule has 2 aromatic rings. The molecule has 0 radical (unpaired) electrons. The number of carbonyl (C=O) groups is 1. The van der Waals surface area contributed by atoms with Gasteiger partial charge in [-0.3, -0.25) is 4.79 Å². The number of hydrogen-bond donors (Lipinski definition) is 2. The van der Waals surface area contributed by atoms with Crippen molar-refractivity contribution in [3.8, 4) is 5.75 Å². The average Bonchev–Trinajstić information content (AvgIpc) is 2.77. The van der Waals surface area contributed by atoms with Crippen LogP contribution in [-0.2, 0) is 4.57 Å². The molecule has 1 heterocycles. The van der Waals surface area contributed by atoms with E-state index in [2.05, 4.69) is 4.98 Å². The van der Waals surface area contributed by atoms with E-state index < -0.39 is 19.8 Å². The first kappa shape index (κ1) is 21.2. The molecule has 0 atom stereocenters. The predicted molar refractivity (Wildman–Crippen MR) is 64.8 cm³/mol. The standard InChI is InChI=1S/C11H13N2O5P.2Na/c1-18-8-2-3-9-7(4-8)5-10(13-9)11(14)12-6-19(15,16)17;;/h2-5,13H,6H2,1H3,(H,12,14)(H2,15,16,17);;/q;2*+1/p-2. The fourth-order valence-corrected chi connectivity index (χ4v) is 1.96.